The van der Waals surface area contributed by atoms with Crippen molar-refractivity contribution in [2.45, 2.75) is 64.1 Å². The zero-order valence-electron chi connectivity index (χ0n) is 19.3. The molecule has 2 heterocycles. The van der Waals surface area contributed by atoms with E-state index in [1.54, 1.807) is 0 Å². The summed E-state index contributed by atoms with van der Waals surface area (Å²) in [7, 11) is 0. The summed E-state index contributed by atoms with van der Waals surface area (Å²) >= 11 is 0. The van der Waals surface area contributed by atoms with Crippen LogP contribution in [0, 0.1) is 11.3 Å². The number of aliphatic hydroxyl groups is 1. The van der Waals surface area contributed by atoms with E-state index in [1.807, 2.05) is 0 Å². The monoisotopic (exact) mass is 483 g/mol. The topological polar surface area (TPSA) is 121 Å². The molecule has 1 aromatic carbocycles. The van der Waals surface area contributed by atoms with E-state index in [9.17, 15) is 18.3 Å². The van der Waals surface area contributed by atoms with Crippen LogP contribution in [-0.2, 0) is 6.18 Å². The highest BCUT2D eigenvalue weighted by atomic mass is 19.4. The second-order valence-electron chi connectivity index (χ2n) is 8.54. The Balaban J connectivity index is 1.75. The summed E-state index contributed by atoms with van der Waals surface area (Å²) in [6.07, 6.45) is 2.02. The van der Waals surface area contributed by atoms with E-state index in [0.29, 0.717) is 19.4 Å². The van der Waals surface area contributed by atoms with Crippen LogP contribution in [0.1, 0.15) is 69.4 Å². The molecule has 1 aromatic heterocycles. The van der Waals surface area contributed by atoms with Crippen molar-refractivity contribution in [2.75, 3.05) is 19.8 Å². The van der Waals surface area contributed by atoms with Crippen molar-refractivity contribution in [2.24, 2.45) is 11.7 Å². The molecule has 4 N–H and O–H groups in total. The Labute approximate surface area is 196 Å². The number of rotatable bonds is 11. The van der Waals surface area contributed by atoms with Crippen LogP contribution in [0.25, 0.3) is 11.4 Å². The Kier molecular flexibility index (Phi) is 8.76. The van der Waals surface area contributed by atoms with Gasteiger partial charge in [0.1, 0.15) is 11.8 Å². The van der Waals surface area contributed by atoms with Crippen molar-refractivity contribution in [1.29, 1.82) is 5.41 Å². The zero-order chi connectivity index (χ0) is 24.7. The first-order valence-electron chi connectivity index (χ1n) is 11.7. The molecule has 11 heteroatoms. The minimum atomic E-state index is -4.61. The second-order valence-corrected chi connectivity index (χ2v) is 8.54. The summed E-state index contributed by atoms with van der Waals surface area (Å²) in [5.74, 6) is -0.631. The number of alkyl halides is 3. The third kappa shape index (κ3) is 6.19. The van der Waals surface area contributed by atoms with Crippen LogP contribution >= 0.6 is 0 Å². The lowest BCUT2D eigenvalue weighted by atomic mass is 10.0. The fourth-order valence-electron chi connectivity index (χ4n) is 4.21. The van der Waals surface area contributed by atoms with Gasteiger partial charge in [0, 0.05) is 24.6 Å². The van der Waals surface area contributed by atoms with Gasteiger partial charge in [-0.05, 0) is 31.0 Å². The smallest absolute Gasteiger partial charge is 0.419 e. The van der Waals surface area contributed by atoms with Crippen molar-refractivity contribution in [3.8, 4) is 17.1 Å². The first-order chi connectivity index (χ1) is 16.3. The predicted octanol–water partition coefficient (Wildman–Crippen LogP) is 4.74. The molecule has 188 valence electrons. The first-order valence-corrected chi connectivity index (χ1v) is 11.7. The summed E-state index contributed by atoms with van der Waals surface area (Å²) in [5, 5.41) is 21.2. The molecule has 0 radical (unpaired) electrons. The molecule has 0 spiro atoms. The van der Waals surface area contributed by atoms with E-state index in [1.165, 1.54) is 17.0 Å². The number of guanidine groups is 1. The van der Waals surface area contributed by atoms with E-state index in [-0.39, 0.29) is 48.1 Å². The average Bonchev–Trinajstić information content (AvgIpc) is 3.44. The quantitative estimate of drug-likeness (QED) is 0.240. The number of hydrogen-bond acceptors (Lipinski definition) is 6. The molecular formula is C23H32F3N5O3. The maximum Gasteiger partial charge on any atom is 0.419 e. The zero-order valence-corrected chi connectivity index (χ0v) is 19.3. The molecule has 1 fully saturated rings. The van der Waals surface area contributed by atoms with Crippen molar-refractivity contribution in [3.63, 3.8) is 0 Å². The number of likely N-dealkylation sites (tertiary alicyclic amines) is 1. The van der Waals surface area contributed by atoms with Crippen molar-refractivity contribution < 1.29 is 27.5 Å². The number of aliphatic hydroxyl groups excluding tert-OH is 1. The van der Waals surface area contributed by atoms with Crippen molar-refractivity contribution >= 4 is 5.96 Å². The van der Waals surface area contributed by atoms with Gasteiger partial charge in [-0.2, -0.15) is 18.2 Å². The van der Waals surface area contributed by atoms with Gasteiger partial charge in [0.15, 0.2) is 5.96 Å². The molecule has 1 saturated heterocycles. The summed E-state index contributed by atoms with van der Waals surface area (Å²) in [6.45, 7) is 2.61. The third-order valence-corrected chi connectivity index (χ3v) is 6.06. The number of nitrogens with two attached hydrogens (primary N) is 1. The third-order valence-electron chi connectivity index (χ3n) is 6.06. The Hall–Kier alpha value is -2.82. The van der Waals surface area contributed by atoms with Gasteiger partial charge >= 0.3 is 6.18 Å². The lowest BCUT2D eigenvalue weighted by molar-refractivity contribution is -0.138. The van der Waals surface area contributed by atoms with E-state index >= 15 is 0 Å². The lowest BCUT2D eigenvalue weighted by Crippen LogP contribution is -2.37. The van der Waals surface area contributed by atoms with Crippen molar-refractivity contribution in [3.05, 3.63) is 29.7 Å². The molecule has 1 aliphatic rings. The fraction of sp³-hybridized carbons (Fsp3) is 0.609. The van der Waals surface area contributed by atoms with E-state index in [2.05, 4.69) is 17.1 Å². The summed E-state index contributed by atoms with van der Waals surface area (Å²) < 4.78 is 52.0. The van der Waals surface area contributed by atoms with Crippen LogP contribution in [-0.4, -0.2) is 45.9 Å². The largest absolute Gasteiger partial charge is 0.493 e. The molecule has 0 saturated carbocycles. The maximum absolute atomic E-state index is 13.7. The maximum atomic E-state index is 13.7. The molecule has 8 nitrogen and oxygen atoms in total. The molecule has 0 unspecified atom stereocenters. The van der Waals surface area contributed by atoms with Crippen LogP contribution in [0.4, 0.5) is 13.2 Å². The van der Waals surface area contributed by atoms with Gasteiger partial charge in [-0.15, -0.1) is 0 Å². The molecule has 3 rings (SSSR count). The highest BCUT2D eigenvalue weighted by Crippen LogP contribution is 2.40. The number of unbranched alkanes of at least 4 members (excludes halogenated alkanes) is 5. The number of aromatic nitrogens is 2. The van der Waals surface area contributed by atoms with Crippen molar-refractivity contribution in [1.82, 2.24) is 15.0 Å². The van der Waals surface area contributed by atoms with Crippen LogP contribution < -0.4 is 10.5 Å². The summed E-state index contributed by atoms with van der Waals surface area (Å²) in [4.78, 5) is 5.79. The Morgan fingerprint density at radius 3 is 2.68 bits per heavy atom. The van der Waals surface area contributed by atoms with Crippen LogP contribution in [0.2, 0.25) is 0 Å². The number of nitrogens with one attached hydrogen (secondary N) is 1. The second kappa shape index (κ2) is 11.5. The standard InChI is InChI=1S/C23H32F3N5O3/c1-2-3-4-5-6-7-12-33-18-9-8-15(13-17(18)23(24,25)26)20-29-21(34-30-20)19-16(14-32)10-11-31(19)22(27)28/h8-9,13,16,19,32H,2-7,10-12,14H2,1H3,(H3,27,28)/t16-,19+/m1/s1. The average molecular weight is 484 g/mol. The lowest BCUT2D eigenvalue weighted by Gasteiger charge is -2.24. The summed E-state index contributed by atoms with van der Waals surface area (Å²) in [5.41, 5.74) is 4.85. The van der Waals surface area contributed by atoms with Gasteiger partial charge in [-0.25, -0.2) is 0 Å². The van der Waals surface area contributed by atoms with Crippen LogP contribution in [0.5, 0.6) is 5.75 Å². The Morgan fingerprint density at radius 1 is 1.26 bits per heavy atom. The minimum absolute atomic E-state index is 0.0185. The number of ether oxygens (including phenoxy) is 1. The van der Waals surface area contributed by atoms with Gasteiger partial charge in [0.25, 0.3) is 0 Å². The Bertz CT molecular complexity index is 950. The van der Waals surface area contributed by atoms with E-state index in [0.717, 1.165) is 38.2 Å². The Morgan fingerprint density at radius 2 is 2.00 bits per heavy atom. The highest BCUT2D eigenvalue weighted by Gasteiger charge is 2.40. The van der Waals surface area contributed by atoms with Crippen LogP contribution in [0.3, 0.4) is 0 Å². The molecule has 0 aliphatic carbocycles. The SMILES string of the molecule is CCCCCCCCOc1ccc(-c2noc([C@@H]3[C@@H](CO)CCN3C(=N)N)n2)cc1C(F)(F)F. The number of nitrogens with zero attached hydrogens (tertiary/aromatic N) is 3. The van der Waals surface area contributed by atoms with Crippen LogP contribution in [0.15, 0.2) is 22.7 Å². The van der Waals surface area contributed by atoms with Gasteiger partial charge in [-0.3, -0.25) is 5.41 Å². The summed E-state index contributed by atoms with van der Waals surface area (Å²) in [6, 6.07) is 3.08. The molecule has 0 bridgehead atoms. The predicted molar refractivity (Wildman–Crippen MR) is 120 cm³/mol. The normalized spacial score (nSPS) is 18.4. The van der Waals surface area contributed by atoms with Gasteiger partial charge in [0.05, 0.1) is 12.2 Å². The van der Waals surface area contributed by atoms with Gasteiger partial charge in [-0.1, -0.05) is 44.2 Å². The fourth-order valence-corrected chi connectivity index (χ4v) is 4.21. The van der Waals surface area contributed by atoms with E-state index in [4.69, 9.17) is 20.4 Å². The molecule has 34 heavy (non-hydrogen) atoms. The number of halogens is 3. The highest BCUT2D eigenvalue weighted by molar-refractivity contribution is 5.75. The molecule has 1 aliphatic heterocycles. The molecule has 0 amide bonds. The molecule has 2 atom stereocenters. The number of benzene rings is 1. The number of hydrogen-bond donors (Lipinski definition) is 3. The van der Waals surface area contributed by atoms with Gasteiger partial charge < -0.3 is 25.0 Å². The van der Waals surface area contributed by atoms with E-state index < -0.39 is 17.8 Å². The first kappa shape index (κ1) is 25.8. The molecular weight excluding hydrogens is 451 g/mol. The minimum Gasteiger partial charge on any atom is -0.493 e. The molecule has 2 aromatic rings. The van der Waals surface area contributed by atoms with Gasteiger partial charge in [0.2, 0.25) is 11.7 Å².